The normalized spacial score (nSPS) is 22.6. The van der Waals surface area contributed by atoms with E-state index in [-0.39, 0.29) is 36.7 Å². The van der Waals surface area contributed by atoms with Crippen LogP contribution in [0.5, 0.6) is 5.75 Å². The lowest BCUT2D eigenvalue weighted by molar-refractivity contribution is -0.153. The van der Waals surface area contributed by atoms with E-state index < -0.39 is 48.8 Å². The van der Waals surface area contributed by atoms with E-state index >= 15 is 0 Å². The molecule has 1 aromatic carbocycles. The summed E-state index contributed by atoms with van der Waals surface area (Å²) in [5.74, 6) is -4.67. The molecule has 0 radical (unpaired) electrons. The molecular weight excluding hydrogens is 473 g/mol. The first kappa shape index (κ1) is 25.4. The molecule has 5 N–H and O–H groups in total. The molecule has 0 bridgehead atoms. The van der Waals surface area contributed by atoms with Crippen LogP contribution in [0.4, 0.5) is 4.79 Å². The van der Waals surface area contributed by atoms with Crippen molar-refractivity contribution in [1.82, 2.24) is 25.8 Å². The number of hydrogen-bond donors (Lipinski definition) is 5. The minimum Gasteiger partial charge on any atom is -0.534 e. The predicted molar refractivity (Wildman–Crippen MR) is 125 cm³/mol. The molecule has 3 aliphatic heterocycles. The highest BCUT2D eigenvalue weighted by atomic mass is 16.5. The van der Waals surface area contributed by atoms with Crippen molar-refractivity contribution in [3.8, 4) is 5.75 Å². The SMILES string of the molecule is CCN1CCN(C(=O)NC(C(=O)N[C@H]2Cc3cccc(C(=O)O)c3OB2O)C2CCNC2)C(=O)C1=O. The number of carbonyl (C=O) groups is 5. The van der Waals surface area contributed by atoms with Gasteiger partial charge in [-0.2, -0.15) is 0 Å². The lowest BCUT2D eigenvalue weighted by atomic mass is 9.72. The van der Waals surface area contributed by atoms with Crippen LogP contribution in [0.15, 0.2) is 18.2 Å². The number of carbonyl (C=O) groups excluding carboxylic acids is 4. The highest BCUT2D eigenvalue weighted by Gasteiger charge is 2.42. The van der Waals surface area contributed by atoms with E-state index in [2.05, 4.69) is 16.0 Å². The van der Waals surface area contributed by atoms with Crippen LogP contribution in [-0.4, -0.2) is 101 Å². The average Bonchev–Trinajstić information content (AvgIpc) is 3.38. The Hall–Kier alpha value is -3.65. The third kappa shape index (κ3) is 5.00. The molecule has 1 aromatic rings. The maximum absolute atomic E-state index is 13.3. The molecule has 13 nitrogen and oxygen atoms in total. The monoisotopic (exact) mass is 501 g/mol. The number of carboxylic acids is 1. The summed E-state index contributed by atoms with van der Waals surface area (Å²) in [6.45, 7) is 3.39. The molecule has 0 aliphatic carbocycles. The van der Waals surface area contributed by atoms with E-state index in [1.807, 2.05) is 0 Å². The van der Waals surface area contributed by atoms with E-state index in [0.717, 1.165) is 4.90 Å². The molecule has 5 amide bonds. The van der Waals surface area contributed by atoms with Crippen LogP contribution < -0.4 is 20.6 Å². The maximum Gasteiger partial charge on any atom is 0.547 e. The van der Waals surface area contributed by atoms with Gasteiger partial charge in [-0.1, -0.05) is 12.1 Å². The quantitative estimate of drug-likeness (QED) is 0.222. The van der Waals surface area contributed by atoms with Gasteiger partial charge in [0.05, 0.1) is 11.5 Å². The Bertz CT molecular complexity index is 1080. The molecule has 3 atom stereocenters. The molecule has 192 valence electrons. The van der Waals surface area contributed by atoms with Gasteiger partial charge in [-0.15, -0.1) is 0 Å². The van der Waals surface area contributed by atoms with E-state index in [1.54, 1.807) is 19.1 Å². The Morgan fingerprint density at radius 1 is 1.25 bits per heavy atom. The van der Waals surface area contributed by atoms with Gasteiger partial charge in [0.2, 0.25) is 5.91 Å². The smallest absolute Gasteiger partial charge is 0.534 e. The van der Waals surface area contributed by atoms with Gasteiger partial charge in [-0.25, -0.2) is 9.59 Å². The number of urea groups is 1. The van der Waals surface area contributed by atoms with Gasteiger partial charge in [-0.3, -0.25) is 19.3 Å². The topological polar surface area (TPSA) is 178 Å². The number of likely N-dealkylation sites (N-methyl/N-ethyl adjacent to an activating group) is 1. The molecule has 3 aliphatic rings. The molecule has 2 fully saturated rings. The van der Waals surface area contributed by atoms with Crippen molar-refractivity contribution in [3.63, 3.8) is 0 Å². The number of fused-ring (bicyclic) bond motifs is 1. The highest BCUT2D eigenvalue weighted by molar-refractivity contribution is 6.47. The zero-order valence-electron chi connectivity index (χ0n) is 19.7. The summed E-state index contributed by atoms with van der Waals surface area (Å²) < 4.78 is 5.43. The molecule has 2 saturated heterocycles. The Balaban J connectivity index is 1.47. The number of hydrogen-bond acceptors (Lipinski definition) is 8. The summed E-state index contributed by atoms with van der Waals surface area (Å²) in [5, 5.41) is 28.3. The summed E-state index contributed by atoms with van der Waals surface area (Å²) >= 11 is 0. The van der Waals surface area contributed by atoms with Crippen molar-refractivity contribution in [2.24, 2.45) is 5.92 Å². The summed E-state index contributed by atoms with van der Waals surface area (Å²) in [6.07, 6.45) is 0.697. The molecule has 2 unspecified atom stereocenters. The van der Waals surface area contributed by atoms with Gasteiger partial charge in [0.15, 0.2) is 0 Å². The van der Waals surface area contributed by atoms with Crippen molar-refractivity contribution in [1.29, 1.82) is 0 Å². The molecule has 3 heterocycles. The number of amides is 5. The van der Waals surface area contributed by atoms with Gasteiger partial charge in [0, 0.05) is 32.1 Å². The summed E-state index contributed by atoms with van der Waals surface area (Å²) in [6, 6.07) is 2.67. The number of carboxylic acid groups (broad SMARTS) is 1. The Morgan fingerprint density at radius 2 is 2.03 bits per heavy atom. The van der Waals surface area contributed by atoms with Gasteiger partial charge in [-0.05, 0) is 37.9 Å². The average molecular weight is 501 g/mol. The lowest BCUT2D eigenvalue weighted by Crippen LogP contribution is -2.63. The first-order chi connectivity index (χ1) is 17.2. The number of nitrogens with one attached hydrogen (secondary N) is 3. The summed E-state index contributed by atoms with van der Waals surface area (Å²) in [7, 11) is -1.51. The molecule has 0 spiro atoms. The van der Waals surface area contributed by atoms with Crippen LogP contribution in [0, 0.1) is 5.92 Å². The number of aromatic carboxylic acids is 1. The minimum absolute atomic E-state index is 0.0133. The summed E-state index contributed by atoms with van der Waals surface area (Å²) in [5.41, 5.74) is 0.410. The van der Waals surface area contributed by atoms with Crippen LogP contribution in [0.3, 0.4) is 0 Å². The zero-order valence-corrected chi connectivity index (χ0v) is 19.7. The Labute approximate surface area is 207 Å². The fourth-order valence-electron chi connectivity index (χ4n) is 4.73. The number of rotatable bonds is 6. The number of para-hydroxylation sites is 1. The van der Waals surface area contributed by atoms with Gasteiger partial charge in [0.1, 0.15) is 11.8 Å². The first-order valence-corrected chi connectivity index (χ1v) is 11.8. The van der Waals surface area contributed by atoms with Gasteiger partial charge < -0.3 is 35.6 Å². The van der Waals surface area contributed by atoms with Crippen LogP contribution in [0.25, 0.3) is 0 Å². The third-order valence-corrected chi connectivity index (χ3v) is 6.74. The van der Waals surface area contributed by atoms with Crippen LogP contribution in [-0.2, 0) is 20.8 Å². The number of piperazine rings is 1. The standard InChI is InChI=1S/C22H28BN5O8/c1-2-27-8-9-28(20(31)19(27)30)22(34)26-16(13-6-7-24-11-13)18(29)25-15-10-12-4-3-5-14(21(32)33)17(12)36-23(15)35/h3-5,13,15-16,24,35H,2,6-11H2,1H3,(H,25,29)(H,26,34)(H,32,33)/t13?,15-,16?/m0/s1. The molecule has 0 aromatic heterocycles. The second-order valence-electron chi connectivity index (χ2n) is 8.95. The Morgan fingerprint density at radius 3 is 2.69 bits per heavy atom. The third-order valence-electron chi connectivity index (χ3n) is 6.74. The zero-order chi connectivity index (χ0) is 26.0. The minimum atomic E-state index is -1.51. The second kappa shape index (κ2) is 10.5. The molecule has 0 saturated carbocycles. The molecular formula is C22H28BN5O8. The van der Waals surface area contributed by atoms with Crippen LogP contribution in [0.2, 0.25) is 0 Å². The van der Waals surface area contributed by atoms with Gasteiger partial charge in [0.25, 0.3) is 0 Å². The van der Waals surface area contributed by atoms with Crippen molar-refractivity contribution in [3.05, 3.63) is 29.3 Å². The molecule has 36 heavy (non-hydrogen) atoms. The first-order valence-electron chi connectivity index (χ1n) is 11.8. The maximum atomic E-state index is 13.3. The Kier molecular flexibility index (Phi) is 7.45. The molecule has 14 heteroatoms. The van der Waals surface area contributed by atoms with E-state index in [9.17, 15) is 34.1 Å². The number of benzene rings is 1. The predicted octanol–water partition coefficient (Wildman–Crippen LogP) is -1.80. The fraction of sp³-hybridized carbons (Fsp3) is 0.500. The van der Waals surface area contributed by atoms with Crippen molar-refractivity contribution in [2.75, 3.05) is 32.7 Å². The van der Waals surface area contributed by atoms with Crippen molar-refractivity contribution >= 4 is 36.8 Å². The van der Waals surface area contributed by atoms with Crippen molar-refractivity contribution in [2.45, 2.75) is 31.7 Å². The number of nitrogens with zero attached hydrogens (tertiary/aromatic N) is 2. The highest BCUT2D eigenvalue weighted by Crippen LogP contribution is 2.30. The fourth-order valence-corrected chi connectivity index (χ4v) is 4.73. The van der Waals surface area contributed by atoms with Crippen LogP contribution >= 0.6 is 0 Å². The van der Waals surface area contributed by atoms with E-state index in [4.69, 9.17) is 4.65 Å². The largest absolute Gasteiger partial charge is 0.547 e. The summed E-state index contributed by atoms with van der Waals surface area (Å²) in [4.78, 5) is 64.5. The number of imide groups is 1. The lowest BCUT2D eigenvalue weighted by Gasteiger charge is -2.34. The van der Waals surface area contributed by atoms with Gasteiger partial charge >= 0.3 is 30.9 Å². The van der Waals surface area contributed by atoms with Crippen molar-refractivity contribution < 1.29 is 38.8 Å². The van der Waals surface area contributed by atoms with Crippen LogP contribution in [0.1, 0.15) is 29.3 Å². The molecule has 4 rings (SSSR count). The second-order valence-corrected chi connectivity index (χ2v) is 8.95. The van der Waals surface area contributed by atoms with E-state index in [0.29, 0.717) is 31.6 Å². The van der Waals surface area contributed by atoms with E-state index in [1.165, 1.54) is 11.0 Å².